The lowest BCUT2D eigenvalue weighted by Crippen LogP contribution is -2.26. The van der Waals surface area contributed by atoms with Crippen molar-refractivity contribution in [2.45, 2.75) is 39.1 Å². The molecule has 1 aromatic rings. The fourth-order valence-electron chi connectivity index (χ4n) is 2.36. The molecule has 1 N–H and O–H groups in total. The first-order valence-electron chi connectivity index (χ1n) is 6.44. The highest BCUT2D eigenvalue weighted by molar-refractivity contribution is 5.36. The molecule has 0 aliphatic carbocycles. The van der Waals surface area contributed by atoms with Gasteiger partial charge in [0.15, 0.2) is 0 Å². The highest BCUT2D eigenvalue weighted by Crippen LogP contribution is 2.35. The van der Waals surface area contributed by atoms with Gasteiger partial charge in [-0.15, -0.1) is 13.2 Å². The van der Waals surface area contributed by atoms with Gasteiger partial charge in [-0.1, -0.05) is 44.9 Å². The number of benzene rings is 1. The molecule has 2 nitrogen and oxygen atoms in total. The summed E-state index contributed by atoms with van der Waals surface area (Å²) < 4.78 is 41.3. The Morgan fingerprint density at radius 3 is 2.21 bits per heavy atom. The Labute approximate surface area is 112 Å². The lowest BCUT2D eigenvalue weighted by atomic mass is 9.88. The van der Waals surface area contributed by atoms with E-state index in [9.17, 15) is 13.2 Å². The van der Waals surface area contributed by atoms with Crippen molar-refractivity contribution < 1.29 is 17.9 Å². The monoisotopic (exact) mass is 275 g/mol. The molecule has 19 heavy (non-hydrogen) atoms. The van der Waals surface area contributed by atoms with Crippen LogP contribution in [0, 0.1) is 5.92 Å². The third-order valence-electron chi connectivity index (χ3n) is 3.31. The molecule has 0 amide bonds. The summed E-state index contributed by atoms with van der Waals surface area (Å²) in [5, 5.41) is 3.10. The van der Waals surface area contributed by atoms with Gasteiger partial charge in [-0.3, -0.25) is 0 Å². The molecule has 1 aromatic carbocycles. The van der Waals surface area contributed by atoms with Crippen LogP contribution in [0.15, 0.2) is 24.3 Å². The number of alkyl halides is 3. The van der Waals surface area contributed by atoms with Crippen molar-refractivity contribution in [2.24, 2.45) is 5.92 Å². The quantitative estimate of drug-likeness (QED) is 0.836. The zero-order valence-electron chi connectivity index (χ0n) is 11.4. The van der Waals surface area contributed by atoms with Crippen LogP contribution >= 0.6 is 0 Å². The van der Waals surface area contributed by atoms with Gasteiger partial charge in [-0.25, -0.2) is 0 Å². The van der Waals surface area contributed by atoms with Crippen LogP contribution < -0.4 is 10.1 Å². The summed E-state index contributed by atoms with van der Waals surface area (Å²) in [7, 11) is 1.76. The summed E-state index contributed by atoms with van der Waals surface area (Å²) in [4.78, 5) is 0. The van der Waals surface area contributed by atoms with Crippen LogP contribution in [0.2, 0.25) is 0 Å². The van der Waals surface area contributed by atoms with E-state index >= 15 is 0 Å². The van der Waals surface area contributed by atoms with Crippen LogP contribution in [-0.4, -0.2) is 13.4 Å². The van der Waals surface area contributed by atoms with E-state index in [1.165, 1.54) is 6.07 Å². The summed E-state index contributed by atoms with van der Waals surface area (Å²) in [6.45, 7) is 4.07. The summed E-state index contributed by atoms with van der Waals surface area (Å²) in [5.41, 5.74) is 0.552. The lowest BCUT2D eigenvalue weighted by Gasteiger charge is -2.27. The van der Waals surface area contributed by atoms with Gasteiger partial charge in [0, 0.05) is 11.6 Å². The first-order chi connectivity index (χ1) is 8.92. The second kappa shape index (κ2) is 6.80. The molecule has 0 bridgehead atoms. The summed E-state index contributed by atoms with van der Waals surface area (Å²) >= 11 is 0. The van der Waals surface area contributed by atoms with E-state index in [0.717, 1.165) is 12.8 Å². The van der Waals surface area contributed by atoms with Crippen LogP contribution in [-0.2, 0) is 0 Å². The molecule has 1 unspecified atom stereocenters. The number of ether oxygens (including phenoxy) is 1. The lowest BCUT2D eigenvalue weighted by molar-refractivity contribution is -0.275. The van der Waals surface area contributed by atoms with Gasteiger partial charge in [0.2, 0.25) is 0 Å². The van der Waals surface area contributed by atoms with E-state index < -0.39 is 6.36 Å². The van der Waals surface area contributed by atoms with Crippen molar-refractivity contribution in [2.75, 3.05) is 7.05 Å². The highest BCUT2D eigenvalue weighted by atomic mass is 19.4. The van der Waals surface area contributed by atoms with Gasteiger partial charge in [-0.2, -0.15) is 0 Å². The van der Waals surface area contributed by atoms with Crippen molar-refractivity contribution >= 4 is 0 Å². The maximum atomic E-state index is 12.4. The Bertz CT molecular complexity index is 389. The zero-order valence-corrected chi connectivity index (χ0v) is 11.4. The van der Waals surface area contributed by atoms with Crippen LogP contribution in [0.25, 0.3) is 0 Å². The van der Waals surface area contributed by atoms with E-state index in [4.69, 9.17) is 0 Å². The fourth-order valence-corrected chi connectivity index (χ4v) is 2.36. The third-order valence-corrected chi connectivity index (χ3v) is 3.31. The Hall–Kier alpha value is -1.23. The maximum Gasteiger partial charge on any atom is 0.573 e. The average molecular weight is 275 g/mol. The predicted octanol–water partition coefficient (Wildman–Crippen LogP) is 4.28. The maximum absolute atomic E-state index is 12.4. The summed E-state index contributed by atoms with van der Waals surface area (Å²) in [6.07, 6.45) is -2.88. The molecule has 108 valence electrons. The Balaban J connectivity index is 3.09. The van der Waals surface area contributed by atoms with E-state index in [1.807, 2.05) is 13.8 Å². The third kappa shape index (κ3) is 4.42. The molecule has 0 fully saturated rings. The van der Waals surface area contributed by atoms with Crippen molar-refractivity contribution in [1.29, 1.82) is 0 Å². The van der Waals surface area contributed by atoms with Crippen molar-refractivity contribution in [1.82, 2.24) is 5.32 Å². The van der Waals surface area contributed by atoms with Crippen molar-refractivity contribution in [3.63, 3.8) is 0 Å². The first-order valence-corrected chi connectivity index (χ1v) is 6.44. The van der Waals surface area contributed by atoms with Gasteiger partial charge >= 0.3 is 6.36 Å². The first kappa shape index (κ1) is 15.8. The molecule has 1 rings (SSSR count). The molecule has 0 aromatic heterocycles. The molecule has 0 saturated heterocycles. The summed E-state index contributed by atoms with van der Waals surface area (Å²) in [6, 6.07) is 6.17. The van der Waals surface area contributed by atoms with Gasteiger partial charge in [0.05, 0.1) is 0 Å². The molecular formula is C14H20F3NO. The molecule has 0 spiro atoms. The van der Waals surface area contributed by atoms with E-state index in [2.05, 4.69) is 10.1 Å². The van der Waals surface area contributed by atoms with E-state index in [-0.39, 0.29) is 17.7 Å². The molecule has 0 saturated carbocycles. The summed E-state index contributed by atoms with van der Waals surface area (Å²) in [5.74, 6) is 0.143. The van der Waals surface area contributed by atoms with Crippen molar-refractivity contribution in [3.8, 4) is 5.75 Å². The smallest absolute Gasteiger partial charge is 0.405 e. The highest BCUT2D eigenvalue weighted by Gasteiger charge is 2.33. The second-order valence-electron chi connectivity index (χ2n) is 4.43. The topological polar surface area (TPSA) is 21.3 Å². The minimum absolute atomic E-state index is 0.124. The number of halogens is 3. The number of nitrogens with one attached hydrogen (secondary N) is 1. The number of hydrogen-bond donors (Lipinski definition) is 1. The van der Waals surface area contributed by atoms with Crippen LogP contribution in [0.4, 0.5) is 13.2 Å². The second-order valence-corrected chi connectivity index (χ2v) is 4.43. The minimum Gasteiger partial charge on any atom is -0.405 e. The van der Waals surface area contributed by atoms with E-state index in [0.29, 0.717) is 5.56 Å². The SMILES string of the molecule is CCC(CC)C(NC)c1ccccc1OC(F)(F)F. The minimum atomic E-state index is -4.66. The predicted molar refractivity (Wildman–Crippen MR) is 69.0 cm³/mol. The largest absolute Gasteiger partial charge is 0.573 e. The van der Waals surface area contributed by atoms with Gasteiger partial charge < -0.3 is 10.1 Å². The Morgan fingerprint density at radius 1 is 1.16 bits per heavy atom. The van der Waals surface area contributed by atoms with Gasteiger partial charge in [0.25, 0.3) is 0 Å². The standard InChI is InChI=1S/C14H20F3NO/c1-4-10(5-2)13(18-3)11-8-6-7-9-12(11)19-14(15,16)17/h6-10,13,18H,4-5H2,1-3H3. The van der Waals surface area contributed by atoms with Crippen LogP contribution in [0.5, 0.6) is 5.75 Å². The van der Waals surface area contributed by atoms with Crippen LogP contribution in [0.3, 0.4) is 0 Å². The van der Waals surface area contributed by atoms with Crippen molar-refractivity contribution in [3.05, 3.63) is 29.8 Å². The number of para-hydroxylation sites is 1. The van der Waals surface area contributed by atoms with Crippen LogP contribution in [0.1, 0.15) is 38.3 Å². The molecular weight excluding hydrogens is 255 g/mol. The van der Waals surface area contributed by atoms with E-state index in [1.54, 1.807) is 25.2 Å². The molecule has 0 aliphatic heterocycles. The Morgan fingerprint density at radius 2 is 1.74 bits per heavy atom. The number of hydrogen-bond acceptors (Lipinski definition) is 2. The average Bonchev–Trinajstić information content (AvgIpc) is 2.35. The molecule has 5 heteroatoms. The fraction of sp³-hybridized carbons (Fsp3) is 0.571. The molecule has 0 heterocycles. The van der Waals surface area contributed by atoms with Gasteiger partial charge in [0.1, 0.15) is 5.75 Å². The normalized spacial score (nSPS) is 13.6. The number of rotatable bonds is 6. The molecule has 0 radical (unpaired) electrons. The zero-order chi connectivity index (χ0) is 14.5. The molecule has 0 aliphatic rings. The van der Waals surface area contributed by atoms with Gasteiger partial charge in [-0.05, 0) is 19.0 Å². The Kier molecular flexibility index (Phi) is 5.66. The molecule has 1 atom stereocenters.